The number of aliphatic hydroxyl groups is 1. The molecule has 0 saturated carbocycles. The molecular weight excluding hydrogens is 240 g/mol. The third-order valence-corrected chi connectivity index (χ3v) is 3.45. The van der Waals surface area contributed by atoms with Crippen LogP contribution in [0.5, 0.6) is 5.75 Å². The number of fused-ring (bicyclic) bond motifs is 3. The van der Waals surface area contributed by atoms with Crippen molar-refractivity contribution in [2.75, 3.05) is 6.61 Å². The van der Waals surface area contributed by atoms with Gasteiger partial charge in [-0.15, -0.1) is 0 Å². The molecular formula is C16H18O3. The van der Waals surface area contributed by atoms with Crippen LogP contribution in [0.25, 0.3) is 17.0 Å². The first-order chi connectivity index (χ1) is 9.11. The van der Waals surface area contributed by atoms with E-state index in [0.717, 1.165) is 40.7 Å². The van der Waals surface area contributed by atoms with E-state index in [0.29, 0.717) is 0 Å². The molecule has 2 aromatic rings. The minimum absolute atomic E-state index is 0.196. The fourth-order valence-corrected chi connectivity index (χ4v) is 2.51. The Bertz CT molecular complexity index is 635. The van der Waals surface area contributed by atoms with Crippen molar-refractivity contribution >= 4 is 17.0 Å². The summed E-state index contributed by atoms with van der Waals surface area (Å²) in [6.45, 7) is 4.28. The number of aliphatic hydroxyl groups excluding tert-OH is 1. The molecule has 0 atom stereocenters. The van der Waals surface area contributed by atoms with E-state index in [1.807, 2.05) is 26.0 Å². The minimum atomic E-state index is -0.268. The quantitative estimate of drug-likeness (QED) is 0.915. The zero-order valence-corrected chi connectivity index (χ0v) is 11.3. The van der Waals surface area contributed by atoms with Crippen LogP contribution in [0.4, 0.5) is 0 Å². The van der Waals surface area contributed by atoms with Crippen molar-refractivity contribution in [1.82, 2.24) is 0 Å². The van der Waals surface area contributed by atoms with Crippen LogP contribution >= 0.6 is 0 Å². The molecule has 0 unspecified atom stereocenters. The molecule has 0 radical (unpaired) electrons. The lowest BCUT2D eigenvalue weighted by atomic mass is 9.97. The second-order valence-corrected chi connectivity index (χ2v) is 5.48. The van der Waals surface area contributed by atoms with Gasteiger partial charge >= 0.3 is 0 Å². The molecule has 19 heavy (non-hydrogen) atoms. The summed E-state index contributed by atoms with van der Waals surface area (Å²) >= 11 is 0. The summed E-state index contributed by atoms with van der Waals surface area (Å²) in [6, 6.07) is 3.91. The van der Waals surface area contributed by atoms with Crippen molar-refractivity contribution in [2.24, 2.45) is 0 Å². The van der Waals surface area contributed by atoms with Gasteiger partial charge in [-0.1, -0.05) is 6.08 Å². The zero-order chi connectivity index (χ0) is 13.5. The summed E-state index contributed by atoms with van der Waals surface area (Å²) in [7, 11) is 0. The van der Waals surface area contributed by atoms with E-state index in [4.69, 9.17) is 14.3 Å². The molecule has 0 bridgehead atoms. The van der Waals surface area contributed by atoms with Crippen molar-refractivity contribution in [2.45, 2.75) is 32.3 Å². The molecule has 0 spiro atoms. The smallest absolute Gasteiger partial charge is 0.135 e. The third-order valence-electron chi connectivity index (χ3n) is 3.45. The number of ether oxygens (including phenoxy) is 1. The molecule has 1 aliphatic heterocycles. The van der Waals surface area contributed by atoms with Crippen molar-refractivity contribution in [3.05, 3.63) is 35.6 Å². The Morgan fingerprint density at radius 3 is 2.89 bits per heavy atom. The Labute approximate surface area is 112 Å². The lowest BCUT2D eigenvalue weighted by Gasteiger charge is -2.28. The molecule has 1 aromatic carbocycles. The second kappa shape index (κ2) is 4.42. The van der Waals surface area contributed by atoms with Crippen LogP contribution in [-0.2, 0) is 6.42 Å². The van der Waals surface area contributed by atoms with E-state index < -0.39 is 0 Å². The van der Waals surface area contributed by atoms with Gasteiger partial charge < -0.3 is 14.3 Å². The van der Waals surface area contributed by atoms with E-state index in [2.05, 4.69) is 12.2 Å². The van der Waals surface area contributed by atoms with Gasteiger partial charge in [-0.05, 0) is 50.5 Å². The van der Waals surface area contributed by atoms with Gasteiger partial charge in [-0.25, -0.2) is 0 Å². The van der Waals surface area contributed by atoms with Gasteiger partial charge in [0, 0.05) is 17.6 Å². The Hall–Kier alpha value is -1.74. The fourth-order valence-electron chi connectivity index (χ4n) is 2.51. The lowest BCUT2D eigenvalue weighted by Crippen LogP contribution is -2.27. The topological polar surface area (TPSA) is 42.6 Å². The molecule has 2 heterocycles. The van der Waals surface area contributed by atoms with Gasteiger partial charge in [-0.3, -0.25) is 0 Å². The van der Waals surface area contributed by atoms with E-state index in [9.17, 15) is 0 Å². The predicted octanol–water partition coefficient (Wildman–Crippen LogP) is 3.54. The molecule has 0 fully saturated rings. The van der Waals surface area contributed by atoms with Crippen LogP contribution in [0, 0.1) is 0 Å². The zero-order valence-electron chi connectivity index (χ0n) is 11.3. The first-order valence-electron chi connectivity index (χ1n) is 6.63. The Balaban J connectivity index is 2.13. The Morgan fingerprint density at radius 2 is 2.11 bits per heavy atom. The molecule has 1 aliphatic rings. The van der Waals surface area contributed by atoms with E-state index in [1.54, 1.807) is 6.26 Å². The molecule has 100 valence electrons. The average Bonchev–Trinajstić information content (AvgIpc) is 2.78. The normalized spacial score (nSPS) is 16.4. The highest BCUT2D eigenvalue weighted by molar-refractivity contribution is 5.93. The third kappa shape index (κ3) is 2.15. The van der Waals surface area contributed by atoms with Crippen LogP contribution in [-0.4, -0.2) is 17.3 Å². The van der Waals surface area contributed by atoms with Gasteiger partial charge in [0.05, 0.1) is 6.26 Å². The first kappa shape index (κ1) is 12.3. The van der Waals surface area contributed by atoms with Gasteiger partial charge in [0.1, 0.15) is 16.9 Å². The van der Waals surface area contributed by atoms with Crippen LogP contribution < -0.4 is 4.74 Å². The highest BCUT2D eigenvalue weighted by Crippen LogP contribution is 2.38. The number of aryl methyl sites for hydroxylation is 1. The summed E-state index contributed by atoms with van der Waals surface area (Å²) in [5.74, 6) is 0.895. The average molecular weight is 258 g/mol. The summed E-state index contributed by atoms with van der Waals surface area (Å²) in [6.07, 6.45) is 7.52. The molecule has 0 aliphatic carbocycles. The van der Waals surface area contributed by atoms with E-state index in [-0.39, 0.29) is 12.2 Å². The first-order valence-corrected chi connectivity index (χ1v) is 6.63. The van der Waals surface area contributed by atoms with Crippen molar-refractivity contribution in [3.8, 4) is 5.75 Å². The largest absolute Gasteiger partial charge is 0.483 e. The van der Waals surface area contributed by atoms with Gasteiger partial charge in [0.25, 0.3) is 0 Å². The lowest BCUT2D eigenvalue weighted by molar-refractivity contribution is 0.159. The standard InChI is InChI=1S/C16H18O3/c1-16(2)8-7-12-13(19-16)5-6-14-15(12)11(10-18-14)4-3-9-17/h5-8,10,17H,3-4,9H2,1-2H3. The number of rotatable bonds is 3. The SMILES string of the molecule is CC1(C)C=Cc2c(ccc3occ(CCCO)c23)O1. The van der Waals surface area contributed by atoms with Gasteiger partial charge in [0.15, 0.2) is 0 Å². The van der Waals surface area contributed by atoms with Crippen LogP contribution in [0.2, 0.25) is 0 Å². The van der Waals surface area contributed by atoms with E-state index >= 15 is 0 Å². The van der Waals surface area contributed by atoms with Crippen LogP contribution in [0.15, 0.2) is 28.9 Å². The molecule has 3 rings (SSSR count). The molecule has 1 aromatic heterocycles. The minimum Gasteiger partial charge on any atom is -0.483 e. The van der Waals surface area contributed by atoms with Gasteiger partial charge in [-0.2, -0.15) is 0 Å². The summed E-state index contributed by atoms with van der Waals surface area (Å²) in [4.78, 5) is 0. The fraction of sp³-hybridized carbons (Fsp3) is 0.375. The van der Waals surface area contributed by atoms with Crippen molar-refractivity contribution in [1.29, 1.82) is 0 Å². The maximum Gasteiger partial charge on any atom is 0.135 e. The molecule has 3 heteroatoms. The van der Waals surface area contributed by atoms with Crippen LogP contribution in [0.1, 0.15) is 31.4 Å². The van der Waals surface area contributed by atoms with Gasteiger partial charge in [0.2, 0.25) is 0 Å². The number of benzene rings is 1. The maximum atomic E-state index is 8.97. The number of furan rings is 1. The molecule has 1 N–H and O–H groups in total. The molecule has 0 saturated heterocycles. The molecule has 0 amide bonds. The highest BCUT2D eigenvalue weighted by atomic mass is 16.5. The Kier molecular flexibility index (Phi) is 2.86. The van der Waals surface area contributed by atoms with E-state index in [1.165, 1.54) is 0 Å². The second-order valence-electron chi connectivity index (χ2n) is 5.48. The van der Waals surface area contributed by atoms with Crippen molar-refractivity contribution in [3.63, 3.8) is 0 Å². The monoisotopic (exact) mass is 258 g/mol. The summed E-state index contributed by atoms with van der Waals surface area (Å²) in [5.41, 5.74) is 2.82. The number of hydrogen-bond acceptors (Lipinski definition) is 3. The predicted molar refractivity (Wildman–Crippen MR) is 75.4 cm³/mol. The maximum absolute atomic E-state index is 8.97. The Morgan fingerprint density at radius 1 is 1.26 bits per heavy atom. The number of hydrogen-bond donors (Lipinski definition) is 1. The van der Waals surface area contributed by atoms with Crippen molar-refractivity contribution < 1.29 is 14.3 Å². The van der Waals surface area contributed by atoms with Crippen LogP contribution in [0.3, 0.4) is 0 Å². The summed E-state index contributed by atoms with van der Waals surface area (Å²) < 4.78 is 11.6. The highest BCUT2D eigenvalue weighted by Gasteiger charge is 2.24. The summed E-state index contributed by atoms with van der Waals surface area (Å²) in [5, 5.41) is 10.1. The molecule has 3 nitrogen and oxygen atoms in total.